The number of rotatable bonds is 5. The first-order valence-electron chi connectivity index (χ1n) is 6.84. The molecule has 2 aromatic carbocycles. The Morgan fingerprint density at radius 3 is 1.82 bits per heavy atom. The second-order valence-corrected chi connectivity index (χ2v) is 7.86. The summed E-state index contributed by atoms with van der Waals surface area (Å²) in [5, 5.41) is 19.5. The van der Waals surface area contributed by atoms with Gasteiger partial charge in [0.2, 0.25) is 5.39 Å². The van der Waals surface area contributed by atoms with E-state index in [1.807, 2.05) is 0 Å². The average molecular weight is 448 g/mol. The van der Waals surface area contributed by atoms with Crippen LogP contribution in [0.4, 0.5) is 11.4 Å². The minimum absolute atomic E-state index is 0. The molecule has 148 valence electrons. The summed E-state index contributed by atoms with van der Waals surface area (Å²) >= 11 is 0. The van der Waals surface area contributed by atoms with E-state index in [0.29, 0.717) is 6.07 Å². The van der Waals surface area contributed by atoms with E-state index in [-0.39, 0.29) is 29.2 Å². The summed E-state index contributed by atoms with van der Waals surface area (Å²) < 4.78 is 64.4. The van der Waals surface area contributed by atoms with E-state index in [1.165, 1.54) is 12.1 Å². The molecule has 11 nitrogen and oxygen atoms in total. The normalized spacial score (nSPS) is 11.6. The van der Waals surface area contributed by atoms with E-state index in [4.69, 9.17) is 5.39 Å². The van der Waals surface area contributed by atoms with Gasteiger partial charge in [-0.15, -0.1) is 0 Å². The fraction of sp³-hybridized carbons (Fsp3) is 0. The highest BCUT2D eigenvalue weighted by atomic mass is 35.5. The van der Waals surface area contributed by atoms with Gasteiger partial charge in [-0.25, -0.2) is 0 Å². The van der Waals surface area contributed by atoms with Gasteiger partial charge in [-0.05, 0) is 23.3 Å². The van der Waals surface area contributed by atoms with Crippen LogP contribution in [0.5, 0.6) is 0 Å². The lowest BCUT2D eigenvalue weighted by atomic mass is 10.1. The number of hydrogen-bond donors (Lipinski definition) is 2. The Hall–Kier alpha value is -2.89. The lowest BCUT2D eigenvalue weighted by Gasteiger charge is -2.04. The van der Waals surface area contributed by atoms with Gasteiger partial charge in [-0.3, -0.25) is 19.2 Å². The van der Waals surface area contributed by atoms with Gasteiger partial charge in [0.1, 0.15) is 9.79 Å². The third-order valence-electron chi connectivity index (χ3n) is 3.32. The van der Waals surface area contributed by atoms with Crippen LogP contribution in [0.2, 0.25) is 0 Å². The van der Waals surface area contributed by atoms with Crippen molar-refractivity contribution in [3.8, 4) is 0 Å². The molecule has 0 bridgehead atoms. The van der Waals surface area contributed by atoms with E-state index in [0.717, 1.165) is 30.4 Å². The summed E-state index contributed by atoms with van der Waals surface area (Å²) in [5.74, 6) is 0. The lowest BCUT2D eigenvalue weighted by Crippen LogP contribution is -3.00. The number of non-ortho nitro benzene ring substituents is 1. The van der Waals surface area contributed by atoms with Crippen LogP contribution in [-0.2, 0) is 20.2 Å². The molecule has 2 aromatic rings. The van der Waals surface area contributed by atoms with Gasteiger partial charge in [0.15, 0.2) is 4.98 Å². The molecule has 0 amide bonds. The fourth-order valence-corrected chi connectivity index (χ4v) is 3.53. The Morgan fingerprint density at radius 1 is 0.929 bits per heavy atom. The number of halogens is 1. The molecule has 0 atom stereocenters. The maximum atomic E-state index is 11.5. The second kappa shape index (κ2) is 8.42. The van der Waals surface area contributed by atoms with E-state index in [2.05, 4.69) is 4.98 Å². The molecular formula is C14H10ClN3O8S2. The molecule has 0 radical (unpaired) electrons. The molecule has 0 spiro atoms. The summed E-state index contributed by atoms with van der Waals surface area (Å²) in [4.78, 5) is 11.3. The van der Waals surface area contributed by atoms with Gasteiger partial charge in [0.05, 0.1) is 11.0 Å². The maximum absolute atomic E-state index is 11.5. The predicted octanol–water partition coefficient (Wildman–Crippen LogP) is -0.253. The molecule has 0 fully saturated rings. The molecule has 0 aromatic heterocycles. The molecule has 0 saturated heterocycles. The molecule has 2 rings (SSSR count). The summed E-state index contributed by atoms with van der Waals surface area (Å²) in [6.45, 7) is 0. The first kappa shape index (κ1) is 23.1. The smallest absolute Gasteiger partial charge is 0.386 e. The fourth-order valence-electron chi connectivity index (χ4n) is 2.12. The summed E-state index contributed by atoms with van der Waals surface area (Å²) in [7, 11) is -9.52. The van der Waals surface area contributed by atoms with Crippen LogP contribution in [0.25, 0.3) is 17.1 Å². The Kier molecular flexibility index (Phi) is 6.96. The van der Waals surface area contributed by atoms with Crippen molar-refractivity contribution in [3.63, 3.8) is 0 Å². The molecule has 2 N–H and O–H groups in total. The molecular weight excluding hydrogens is 438 g/mol. The van der Waals surface area contributed by atoms with Crippen molar-refractivity contribution in [1.29, 1.82) is 5.39 Å². The number of nitro benzene ring substituents is 1. The van der Waals surface area contributed by atoms with Crippen molar-refractivity contribution < 1.29 is 43.3 Å². The Labute approximate surface area is 165 Å². The minimum atomic E-state index is -4.81. The van der Waals surface area contributed by atoms with Crippen molar-refractivity contribution in [3.05, 3.63) is 62.6 Å². The molecule has 0 heterocycles. The van der Waals surface area contributed by atoms with Gasteiger partial charge in [-0.2, -0.15) is 16.8 Å². The van der Waals surface area contributed by atoms with Gasteiger partial charge in [0.25, 0.3) is 25.9 Å². The topological polar surface area (TPSA) is 180 Å². The number of nitrogens with zero attached hydrogens (tertiary/aromatic N) is 3. The van der Waals surface area contributed by atoms with Crippen LogP contribution in [-0.4, -0.2) is 30.9 Å². The third-order valence-corrected chi connectivity index (χ3v) is 5.14. The zero-order chi connectivity index (χ0) is 20.4. The molecule has 14 heteroatoms. The van der Waals surface area contributed by atoms with Gasteiger partial charge < -0.3 is 12.4 Å². The summed E-state index contributed by atoms with van der Waals surface area (Å²) in [6, 6.07) is 5.94. The van der Waals surface area contributed by atoms with Crippen molar-refractivity contribution >= 4 is 43.8 Å². The highest BCUT2D eigenvalue weighted by molar-refractivity contribution is 7.86. The molecule has 0 saturated carbocycles. The Bertz CT molecular complexity index is 1220. The summed E-state index contributed by atoms with van der Waals surface area (Å²) in [6.07, 6.45) is 2.17. The van der Waals surface area contributed by atoms with Gasteiger partial charge in [0, 0.05) is 18.2 Å². The van der Waals surface area contributed by atoms with Gasteiger partial charge in [-0.1, -0.05) is 12.2 Å². The second-order valence-electron chi connectivity index (χ2n) is 5.08. The van der Waals surface area contributed by atoms with E-state index < -0.39 is 40.6 Å². The maximum Gasteiger partial charge on any atom is 0.386 e. The lowest BCUT2D eigenvalue weighted by molar-refractivity contribution is -0.385. The minimum Gasteiger partial charge on any atom is -1.00 e. The van der Waals surface area contributed by atoms with Crippen molar-refractivity contribution in [2.45, 2.75) is 9.79 Å². The van der Waals surface area contributed by atoms with Crippen LogP contribution >= 0.6 is 0 Å². The molecule has 0 aliphatic rings. The van der Waals surface area contributed by atoms with Crippen molar-refractivity contribution in [1.82, 2.24) is 0 Å². The summed E-state index contributed by atoms with van der Waals surface area (Å²) in [5.41, 5.74) is -0.995. The zero-order valence-corrected chi connectivity index (χ0v) is 15.9. The SMILES string of the molecule is N#[N+]c1ccc(/C=C/c2ccc([N+](=O)[O-])cc2S(=O)(=O)O)c(S(=O)(=O)O)c1.[Cl-]. The Balaban J connectivity index is 0.00000392. The standard InChI is InChI=1S/C14H9N3O8S2.ClH/c15-16-11-5-3-9(13(7-11)26(20,21)22)1-2-10-4-6-12(17(18)19)8-14(10)27(23,24)25;/h1-8H,(H-,20,21,22,23,24,25);1H/b2-1+;. The van der Waals surface area contributed by atoms with E-state index in [9.17, 15) is 36.1 Å². The van der Waals surface area contributed by atoms with E-state index in [1.54, 1.807) is 0 Å². The molecule has 0 aliphatic carbocycles. The first-order chi connectivity index (χ1) is 12.4. The number of benzene rings is 2. The van der Waals surface area contributed by atoms with Crippen LogP contribution < -0.4 is 12.4 Å². The molecule has 0 aliphatic heterocycles. The number of diazo groups is 1. The third kappa shape index (κ3) is 5.31. The van der Waals surface area contributed by atoms with Crippen LogP contribution in [0, 0.1) is 15.5 Å². The van der Waals surface area contributed by atoms with E-state index >= 15 is 0 Å². The largest absolute Gasteiger partial charge is 1.00 e. The van der Waals surface area contributed by atoms with Crippen LogP contribution in [0.3, 0.4) is 0 Å². The first-order valence-corrected chi connectivity index (χ1v) is 9.72. The quantitative estimate of drug-likeness (QED) is 0.205. The molecule has 0 unspecified atom stereocenters. The zero-order valence-electron chi connectivity index (χ0n) is 13.5. The van der Waals surface area contributed by atoms with Crippen LogP contribution in [0.15, 0.2) is 46.2 Å². The Morgan fingerprint density at radius 2 is 1.39 bits per heavy atom. The van der Waals surface area contributed by atoms with Gasteiger partial charge >= 0.3 is 5.69 Å². The highest BCUT2D eigenvalue weighted by Gasteiger charge is 2.21. The molecule has 28 heavy (non-hydrogen) atoms. The number of hydrogen-bond acceptors (Lipinski definition) is 7. The highest BCUT2D eigenvalue weighted by Crippen LogP contribution is 2.27. The predicted molar refractivity (Wildman–Crippen MR) is 92.8 cm³/mol. The van der Waals surface area contributed by atoms with Crippen molar-refractivity contribution in [2.75, 3.05) is 0 Å². The van der Waals surface area contributed by atoms with Crippen molar-refractivity contribution in [2.24, 2.45) is 0 Å². The number of nitro groups is 1. The monoisotopic (exact) mass is 447 g/mol. The van der Waals surface area contributed by atoms with Crippen LogP contribution in [0.1, 0.15) is 11.1 Å². The average Bonchev–Trinajstić information content (AvgIpc) is 2.58.